The molecule has 0 atom stereocenters. The number of ether oxygens (including phenoxy) is 2. The van der Waals surface area contributed by atoms with Gasteiger partial charge in [-0.25, -0.2) is 0 Å². The lowest BCUT2D eigenvalue weighted by Gasteiger charge is -2.31. The van der Waals surface area contributed by atoms with E-state index in [4.69, 9.17) is 21.1 Å². The molecule has 148 valence electrons. The molecule has 1 aliphatic heterocycles. The van der Waals surface area contributed by atoms with E-state index in [9.17, 15) is 9.59 Å². The zero-order valence-corrected chi connectivity index (χ0v) is 16.7. The van der Waals surface area contributed by atoms with E-state index in [2.05, 4.69) is 5.32 Å². The van der Waals surface area contributed by atoms with Crippen molar-refractivity contribution in [1.82, 2.24) is 4.90 Å². The lowest BCUT2D eigenvalue weighted by Crippen LogP contribution is -2.41. The number of carbonyl (C=O) groups is 2. The molecule has 1 saturated heterocycles. The molecule has 2 aromatic rings. The van der Waals surface area contributed by atoms with Gasteiger partial charge in [-0.3, -0.25) is 9.59 Å². The van der Waals surface area contributed by atoms with Gasteiger partial charge in [0.1, 0.15) is 11.5 Å². The van der Waals surface area contributed by atoms with Gasteiger partial charge in [0.2, 0.25) is 5.91 Å². The van der Waals surface area contributed by atoms with Gasteiger partial charge >= 0.3 is 0 Å². The van der Waals surface area contributed by atoms with E-state index in [1.807, 2.05) is 0 Å². The van der Waals surface area contributed by atoms with E-state index in [1.165, 1.54) is 0 Å². The van der Waals surface area contributed by atoms with Crippen LogP contribution >= 0.6 is 11.6 Å². The molecular formula is C21H23ClN2O4. The maximum absolute atomic E-state index is 12.7. The predicted molar refractivity (Wildman–Crippen MR) is 108 cm³/mol. The van der Waals surface area contributed by atoms with Crippen LogP contribution in [0.3, 0.4) is 0 Å². The first-order chi connectivity index (χ1) is 13.5. The Bertz CT molecular complexity index is 863. The van der Waals surface area contributed by atoms with Gasteiger partial charge in [0.25, 0.3) is 5.91 Å². The molecule has 0 unspecified atom stereocenters. The van der Waals surface area contributed by atoms with Crippen molar-refractivity contribution in [2.45, 2.75) is 12.8 Å². The number of nitrogens with zero attached hydrogens (tertiary/aromatic N) is 1. The number of nitrogens with one attached hydrogen (secondary N) is 1. The molecule has 0 bridgehead atoms. The normalized spacial score (nSPS) is 14.5. The molecule has 2 amide bonds. The minimum atomic E-state index is -0.167. The third-order valence-electron chi connectivity index (χ3n) is 4.89. The van der Waals surface area contributed by atoms with Gasteiger partial charge < -0.3 is 19.7 Å². The first kappa shape index (κ1) is 20.0. The molecule has 1 heterocycles. The number of carbonyl (C=O) groups excluding carboxylic acids is 2. The maximum Gasteiger partial charge on any atom is 0.253 e. The van der Waals surface area contributed by atoms with Crippen LogP contribution < -0.4 is 14.8 Å². The van der Waals surface area contributed by atoms with Crippen molar-refractivity contribution in [3.8, 4) is 11.5 Å². The third kappa shape index (κ3) is 4.57. The van der Waals surface area contributed by atoms with Crippen molar-refractivity contribution in [3.05, 3.63) is 53.1 Å². The molecule has 0 saturated carbocycles. The maximum atomic E-state index is 12.7. The molecule has 1 aliphatic rings. The number of rotatable bonds is 5. The summed E-state index contributed by atoms with van der Waals surface area (Å²) in [4.78, 5) is 27.1. The van der Waals surface area contributed by atoms with E-state index < -0.39 is 0 Å². The summed E-state index contributed by atoms with van der Waals surface area (Å²) in [6, 6.07) is 12.2. The third-order valence-corrected chi connectivity index (χ3v) is 5.12. The van der Waals surface area contributed by atoms with Gasteiger partial charge in [-0.05, 0) is 43.2 Å². The predicted octanol–water partition coefficient (Wildman–Crippen LogP) is 3.85. The van der Waals surface area contributed by atoms with Gasteiger partial charge in [-0.1, -0.05) is 17.7 Å². The smallest absolute Gasteiger partial charge is 0.253 e. The summed E-state index contributed by atoms with van der Waals surface area (Å²) in [5, 5.41) is 3.46. The first-order valence-electron chi connectivity index (χ1n) is 9.09. The zero-order valence-electron chi connectivity index (χ0n) is 15.9. The number of methoxy groups -OCH3 is 2. The second kappa shape index (κ2) is 8.97. The summed E-state index contributed by atoms with van der Waals surface area (Å²) in [5.41, 5.74) is 1.14. The minimum absolute atomic E-state index is 0.0594. The Labute approximate surface area is 169 Å². The highest BCUT2D eigenvalue weighted by Crippen LogP contribution is 2.30. The van der Waals surface area contributed by atoms with Crippen LogP contribution in [-0.2, 0) is 4.79 Å². The summed E-state index contributed by atoms with van der Waals surface area (Å²) in [6.07, 6.45) is 1.20. The molecule has 6 nitrogen and oxygen atoms in total. The highest BCUT2D eigenvalue weighted by atomic mass is 35.5. The first-order valence-corrected chi connectivity index (χ1v) is 9.47. The zero-order chi connectivity index (χ0) is 20.1. The number of hydrogen-bond acceptors (Lipinski definition) is 4. The Morgan fingerprint density at radius 2 is 1.82 bits per heavy atom. The van der Waals surface area contributed by atoms with Crippen LogP contribution in [0.5, 0.6) is 11.5 Å². The molecule has 2 aromatic carbocycles. The Morgan fingerprint density at radius 1 is 1.07 bits per heavy atom. The van der Waals surface area contributed by atoms with Gasteiger partial charge in [0.05, 0.1) is 19.9 Å². The molecule has 0 aliphatic carbocycles. The van der Waals surface area contributed by atoms with Crippen LogP contribution in [0.25, 0.3) is 0 Å². The lowest BCUT2D eigenvalue weighted by atomic mass is 9.95. The van der Waals surface area contributed by atoms with Crippen molar-refractivity contribution in [2.24, 2.45) is 5.92 Å². The van der Waals surface area contributed by atoms with Crippen molar-refractivity contribution in [3.63, 3.8) is 0 Å². The molecule has 0 radical (unpaired) electrons. The SMILES string of the molecule is COc1ccc(OC)c(NC(=O)C2CCN(C(=O)c3cccc(Cl)c3)CC2)c1. The Morgan fingerprint density at radius 3 is 2.46 bits per heavy atom. The van der Waals surface area contributed by atoms with Crippen molar-refractivity contribution in [2.75, 3.05) is 32.6 Å². The molecule has 28 heavy (non-hydrogen) atoms. The monoisotopic (exact) mass is 402 g/mol. The number of benzene rings is 2. The Hall–Kier alpha value is -2.73. The number of piperidine rings is 1. The van der Waals surface area contributed by atoms with E-state index in [1.54, 1.807) is 61.6 Å². The quantitative estimate of drug-likeness (QED) is 0.824. The number of hydrogen-bond donors (Lipinski definition) is 1. The molecule has 1 N–H and O–H groups in total. The van der Waals surface area contributed by atoms with Crippen LogP contribution in [0.2, 0.25) is 5.02 Å². The standard InChI is InChI=1S/C21H23ClN2O4/c1-27-17-6-7-19(28-2)18(13-17)23-20(25)14-8-10-24(11-9-14)21(26)15-4-3-5-16(22)12-15/h3-7,12-14H,8-11H2,1-2H3,(H,23,25). The number of likely N-dealkylation sites (tertiary alicyclic amines) is 1. The largest absolute Gasteiger partial charge is 0.497 e. The summed E-state index contributed by atoms with van der Waals surface area (Å²) < 4.78 is 10.5. The Balaban J connectivity index is 1.60. The average molecular weight is 403 g/mol. The van der Waals surface area contributed by atoms with Crippen molar-refractivity contribution >= 4 is 29.1 Å². The van der Waals surface area contributed by atoms with Crippen LogP contribution in [0, 0.1) is 5.92 Å². The molecule has 1 fully saturated rings. The topological polar surface area (TPSA) is 67.9 Å². The van der Waals surface area contributed by atoms with Crippen LogP contribution in [0.4, 0.5) is 5.69 Å². The molecule has 3 rings (SSSR count). The molecular weight excluding hydrogens is 380 g/mol. The number of halogens is 1. The van der Waals surface area contributed by atoms with Crippen LogP contribution in [0.15, 0.2) is 42.5 Å². The van der Waals surface area contributed by atoms with Crippen LogP contribution in [-0.4, -0.2) is 44.0 Å². The van der Waals surface area contributed by atoms with Crippen molar-refractivity contribution < 1.29 is 19.1 Å². The van der Waals surface area contributed by atoms with E-state index >= 15 is 0 Å². The highest BCUT2D eigenvalue weighted by Gasteiger charge is 2.28. The highest BCUT2D eigenvalue weighted by molar-refractivity contribution is 6.30. The van der Waals surface area contributed by atoms with E-state index in [0.717, 1.165) is 0 Å². The van der Waals surface area contributed by atoms with E-state index in [0.29, 0.717) is 53.7 Å². The van der Waals surface area contributed by atoms with E-state index in [-0.39, 0.29) is 17.7 Å². The molecule has 0 spiro atoms. The van der Waals surface area contributed by atoms with Gasteiger partial charge in [0, 0.05) is 35.7 Å². The fourth-order valence-electron chi connectivity index (χ4n) is 3.30. The second-order valence-electron chi connectivity index (χ2n) is 6.63. The molecule has 0 aromatic heterocycles. The number of amides is 2. The molecule has 7 heteroatoms. The number of anilines is 1. The minimum Gasteiger partial charge on any atom is -0.497 e. The fourth-order valence-corrected chi connectivity index (χ4v) is 3.49. The summed E-state index contributed by atoms with van der Waals surface area (Å²) in [6.45, 7) is 1.05. The fraction of sp³-hybridized carbons (Fsp3) is 0.333. The summed E-state index contributed by atoms with van der Waals surface area (Å²) >= 11 is 5.97. The van der Waals surface area contributed by atoms with Crippen LogP contribution in [0.1, 0.15) is 23.2 Å². The lowest BCUT2D eigenvalue weighted by molar-refractivity contribution is -0.121. The summed E-state index contributed by atoms with van der Waals surface area (Å²) in [7, 11) is 3.12. The van der Waals surface area contributed by atoms with Gasteiger partial charge in [0.15, 0.2) is 0 Å². The summed E-state index contributed by atoms with van der Waals surface area (Å²) in [5.74, 6) is 0.900. The Kier molecular flexibility index (Phi) is 6.41. The van der Waals surface area contributed by atoms with Gasteiger partial charge in [-0.15, -0.1) is 0 Å². The second-order valence-corrected chi connectivity index (χ2v) is 7.07. The average Bonchev–Trinajstić information content (AvgIpc) is 2.73. The van der Waals surface area contributed by atoms with Crippen molar-refractivity contribution in [1.29, 1.82) is 0 Å². The van der Waals surface area contributed by atoms with Gasteiger partial charge in [-0.2, -0.15) is 0 Å².